The first-order valence-electron chi connectivity index (χ1n) is 7.85. The molecule has 1 saturated carbocycles. The molecule has 1 aromatic carbocycles. The minimum Gasteiger partial charge on any atom is -0.488 e. The molecule has 0 spiro atoms. The molecule has 0 bridgehead atoms. The van der Waals surface area contributed by atoms with E-state index >= 15 is 0 Å². The lowest BCUT2D eigenvalue weighted by molar-refractivity contribution is -0.871. The summed E-state index contributed by atoms with van der Waals surface area (Å²) in [6.07, 6.45) is 2.04. The first kappa shape index (κ1) is 17.8. The van der Waals surface area contributed by atoms with Crippen LogP contribution in [0.1, 0.15) is 19.8 Å². The number of hydrogen-bond donors (Lipinski definition) is 2. The summed E-state index contributed by atoms with van der Waals surface area (Å²) in [6, 6.07) is 9.91. The van der Waals surface area contributed by atoms with Crippen LogP contribution >= 0.6 is 15.9 Å². The van der Waals surface area contributed by atoms with Crippen molar-refractivity contribution in [2.45, 2.75) is 25.3 Å². The quantitative estimate of drug-likeness (QED) is 0.710. The van der Waals surface area contributed by atoms with E-state index in [0.717, 1.165) is 34.5 Å². The Bertz CT molecular complexity index is 580. The molecule has 1 aliphatic carbocycles. The molecule has 6 heteroatoms. The van der Waals surface area contributed by atoms with Crippen LogP contribution in [0.15, 0.2) is 28.7 Å². The van der Waals surface area contributed by atoms with Gasteiger partial charge in [-0.1, -0.05) is 15.9 Å². The Kier molecular flexibility index (Phi) is 6.03. The summed E-state index contributed by atoms with van der Waals surface area (Å²) in [4.78, 5) is 13.2. The molecular weight excluding hydrogens is 358 g/mol. The summed E-state index contributed by atoms with van der Waals surface area (Å²) in [6.45, 7) is 3.41. The van der Waals surface area contributed by atoms with Gasteiger partial charge in [0.25, 0.3) is 5.91 Å². The number of nitriles is 1. The number of likely N-dealkylation sites (N-methyl/N-ethyl adjacent to an activating group) is 1. The number of ether oxygens (including phenoxy) is 1. The predicted molar refractivity (Wildman–Crippen MR) is 91.1 cm³/mol. The van der Waals surface area contributed by atoms with Crippen molar-refractivity contribution in [2.24, 2.45) is 5.92 Å². The number of rotatable bonds is 8. The zero-order valence-corrected chi connectivity index (χ0v) is 15.1. The van der Waals surface area contributed by atoms with Crippen molar-refractivity contribution in [3.05, 3.63) is 28.7 Å². The summed E-state index contributed by atoms with van der Waals surface area (Å²) in [5.41, 5.74) is -0.717. The zero-order valence-electron chi connectivity index (χ0n) is 13.6. The Morgan fingerprint density at radius 1 is 1.48 bits per heavy atom. The van der Waals surface area contributed by atoms with Gasteiger partial charge in [-0.15, -0.1) is 0 Å². The third-order valence-corrected chi connectivity index (χ3v) is 4.63. The summed E-state index contributed by atoms with van der Waals surface area (Å²) in [7, 11) is 1.95. The van der Waals surface area contributed by atoms with Gasteiger partial charge in [-0.2, -0.15) is 5.26 Å². The molecule has 0 saturated heterocycles. The molecule has 124 valence electrons. The van der Waals surface area contributed by atoms with Crippen LogP contribution in [0.4, 0.5) is 0 Å². The van der Waals surface area contributed by atoms with E-state index in [2.05, 4.69) is 27.3 Å². The minimum atomic E-state index is -0.717. The third kappa shape index (κ3) is 5.52. The Labute approximate surface area is 145 Å². The molecule has 0 radical (unpaired) electrons. The van der Waals surface area contributed by atoms with Crippen LogP contribution in [0.2, 0.25) is 0 Å². The number of nitrogens with one attached hydrogen (secondary N) is 2. The second kappa shape index (κ2) is 7.80. The number of carbonyl (C=O) groups is 1. The van der Waals surface area contributed by atoms with Gasteiger partial charge in [-0.05, 0) is 49.9 Å². The highest BCUT2D eigenvalue weighted by atomic mass is 79.9. The van der Waals surface area contributed by atoms with E-state index in [0.29, 0.717) is 19.1 Å². The lowest BCUT2D eigenvalue weighted by Crippen LogP contribution is -3.11. The minimum absolute atomic E-state index is 0.0814. The van der Waals surface area contributed by atoms with Gasteiger partial charge in [0.1, 0.15) is 24.4 Å². The monoisotopic (exact) mass is 380 g/mol. The lowest BCUT2D eigenvalue weighted by Gasteiger charge is -2.23. The second-order valence-electron chi connectivity index (χ2n) is 6.32. The van der Waals surface area contributed by atoms with E-state index in [1.54, 1.807) is 0 Å². The van der Waals surface area contributed by atoms with Crippen LogP contribution < -0.4 is 15.0 Å². The molecule has 2 N–H and O–H groups in total. The van der Waals surface area contributed by atoms with Gasteiger partial charge >= 0.3 is 0 Å². The van der Waals surface area contributed by atoms with E-state index < -0.39 is 5.54 Å². The number of carbonyl (C=O) groups excluding carboxylic acids is 1. The maximum atomic E-state index is 12.1. The molecule has 1 aliphatic rings. The van der Waals surface area contributed by atoms with Crippen molar-refractivity contribution < 1.29 is 14.4 Å². The van der Waals surface area contributed by atoms with Crippen molar-refractivity contribution in [1.82, 2.24) is 5.32 Å². The molecular formula is C17H23BrN3O2+. The molecule has 1 amide bonds. The smallest absolute Gasteiger partial charge is 0.276 e. The van der Waals surface area contributed by atoms with Gasteiger partial charge in [0.2, 0.25) is 0 Å². The van der Waals surface area contributed by atoms with Crippen molar-refractivity contribution in [3.63, 3.8) is 0 Å². The zero-order chi connectivity index (χ0) is 16.9. The first-order chi connectivity index (χ1) is 10.9. The molecule has 2 atom stereocenters. The average molecular weight is 381 g/mol. The largest absolute Gasteiger partial charge is 0.488 e. The number of benzene rings is 1. The van der Waals surface area contributed by atoms with Crippen LogP contribution in [0.3, 0.4) is 0 Å². The summed E-state index contributed by atoms with van der Waals surface area (Å²) < 4.78 is 6.67. The van der Waals surface area contributed by atoms with E-state index in [1.165, 1.54) is 0 Å². The fourth-order valence-corrected chi connectivity index (χ4v) is 2.72. The van der Waals surface area contributed by atoms with E-state index in [1.807, 2.05) is 38.2 Å². The number of hydrogen-bond acceptors (Lipinski definition) is 3. The molecule has 1 unspecified atom stereocenters. The van der Waals surface area contributed by atoms with Crippen LogP contribution in [0.25, 0.3) is 0 Å². The normalized spacial score (nSPS) is 17.7. The second-order valence-corrected chi connectivity index (χ2v) is 7.24. The Balaban J connectivity index is 1.69. The molecule has 5 nitrogen and oxygen atoms in total. The van der Waals surface area contributed by atoms with Crippen LogP contribution in [0, 0.1) is 17.2 Å². The fourth-order valence-electron chi connectivity index (χ4n) is 2.45. The highest BCUT2D eigenvalue weighted by Crippen LogP contribution is 2.39. The lowest BCUT2D eigenvalue weighted by atomic mass is 9.98. The highest BCUT2D eigenvalue weighted by Gasteiger charge is 2.43. The van der Waals surface area contributed by atoms with Crippen molar-refractivity contribution >= 4 is 21.8 Å². The fraction of sp³-hybridized carbons (Fsp3) is 0.529. The van der Waals surface area contributed by atoms with Gasteiger partial charge in [0, 0.05) is 4.47 Å². The van der Waals surface area contributed by atoms with Crippen LogP contribution in [-0.4, -0.2) is 38.2 Å². The summed E-state index contributed by atoms with van der Waals surface area (Å²) >= 11 is 3.38. The molecule has 0 aromatic heterocycles. The maximum absolute atomic E-state index is 12.1. The SMILES string of the molecule is C[NH+](CCOc1ccc(Br)cc1)CC(=O)N[C@@](C)(C#N)C1CC1. The molecule has 0 aliphatic heterocycles. The first-order valence-corrected chi connectivity index (χ1v) is 8.64. The molecule has 2 rings (SSSR count). The van der Waals surface area contributed by atoms with Crippen molar-refractivity contribution in [3.8, 4) is 11.8 Å². The molecule has 0 heterocycles. The number of nitrogens with zero attached hydrogens (tertiary/aromatic N) is 1. The summed E-state index contributed by atoms with van der Waals surface area (Å²) in [5, 5.41) is 12.2. The van der Waals surface area contributed by atoms with E-state index in [4.69, 9.17) is 4.74 Å². The molecule has 1 aromatic rings. The average Bonchev–Trinajstić information content (AvgIpc) is 3.34. The molecule has 23 heavy (non-hydrogen) atoms. The topological polar surface area (TPSA) is 66.6 Å². The third-order valence-electron chi connectivity index (χ3n) is 4.10. The standard InChI is InChI=1S/C17H22BrN3O2/c1-17(12-19,13-3-4-13)20-16(22)11-21(2)9-10-23-15-7-5-14(18)6-8-15/h5-8,13H,3-4,9-11H2,1-2H3,(H,20,22)/p+1/t17-/m0/s1. The van der Waals surface area contributed by atoms with Crippen molar-refractivity contribution in [1.29, 1.82) is 5.26 Å². The Hall–Kier alpha value is -1.58. The van der Waals surface area contributed by atoms with E-state index in [9.17, 15) is 10.1 Å². The Morgan fingerprint density at radius 3 is 2.70 bits per heavy atom. The van der Waals surface area contributed by atoms with Gasteiger partial charge < -0.3 is 15.0 Å². The summed E-state index contributed by atoms with van der Waals surface area (Å²) in [5.74, 6) is 1.04. The van der Waals surface area contributed by atoms with Crippen molar-refractivity contribution in [2.75, 3.05) is 26.7 Å². The maximum Gasteiger partial charge on any atom is 0.276 e. The number of halogens is 1. The predicted octanol–water partition coefficient (Wildman–Crippen LogP) is 1.15. The van der Waals surface area contributed by atoms with E-state index in [-0.39, 0.29) is 5.91 Å². The van der Waals surface area contributed by atoms with Gasteiger partial charge in [0.15, 0.2) is 6.54 Å². The Morgan fingerprint density at radius 2 is 2.13 bits per heavy atom. The van der Waals surface area contributed by atoms with Gasteiger partial charge in [-0.25, -0.2) is 0 Å². The highest BCUT2D eigenvalue weighted by molar-refractivity contribution is 9.10. The van der Waals surface area contributed by atoms with Crippen LogP contribution in [-0.2, 0) is 4.79 Å². The van der Waals surface area contributed by atoms with Gasteiger partial charge in [0.05, 0.1) is 13.1 Å². The number of amides is 1. The molecule has 1 fully saturated rings. The van der Waals surface area contributed by atoms with Crippen LogP contribution in [0.5, 0.6) is 5.75 Å². The van der Waals surface area contributed by atoms with Gasteiger partial charge in [-0.3, -0.25) is 4.79 Å². The number of quaternary nitrogens is 1.